The number of rotatable bonds is 17. The zero-order chi connectivity index (χ0) is 55.7. The predicted molar refractivity (Wildman–Crippen MR) is 289 cm³/mol. The van der Waals surface area contributed by atoms with Gasteiger partial charge in [-0.1, -0.05) is 103 Å². The van der Waals surface area contributed by atoms with Crippen molar-refractivity contribution < 1.29 is 71.7 Å². The lowest BCUT2D eigenvalue weighted by Gasteiger charge is -2.44. The Bertz CT molecular complexity index is 2730. The molecule has 4 aliphatic rings. The van der Waals surface area contributed by atoms with Gasteiger partial charge in [-0.3, -0.25) is 9.59 Å². The molecule has 4 atom stereocenters. The van der Waals surface area contributed by atoms with E-state index in [-0.39, 0.29) is 96.2 Å². The van der Waals surface area contributed by atoms with Gasteiger partial charge in [0, 0.05) is 37.4 Å². The molecular formula is C50H58Cl6N4O15Si. The Labute approximate surface area is 470 Å². The molecule has 7 rings (SSSR count). The van der Waals surface area contributed by atoms with E-state index in [2.05, 4.69) is 0 Å². The van der Waals surface area contributed by atoms with Gasteiger partial charge in [0.2, 0.25) is 7.59 Å². The number of carbonyl (C=O) groups is 4. The summed E-state index contributed by atoms with van der Waals surface area (Å²) in [6.07, 6.45) is -1.36. The molecule has 0 fully saturated rings. The number of benzene rings is 3. The zero-order valence-corrected chi connectivity index (χ0v) is 48.2. The molecule has 3 aromatic carbocycles. The molecule has 0 saturated heterocycles. The average Bonchev–Trinajstić information content (AvgIpc) is 3.99. The molecule has 26 heteroatoms. The van der Waals surface area contributed by atoms with E-state index in [1.54, 1.807) is 25.4 Å². The first-order valence-corrected chi connectivity index (χ1v) is 28.9. The van der Waals surface area contributed by atoms with Gasteiger partial charge in [0.05, 0.1) is 75.7 Å². The van der Waals surface area contributed by atoms with Gasteiger partial charge in [0.15, 0.2) is 43.8 Å². The third kappa shape index (κ3) is 13.0. The second kappa shape index (κ2) is 23.7. The topological polar surface area (TPSA) is 205 Å². The summed E-state index contributed by atoms with van der Waals surface area (Å²) in [6.45, 7) is 8.35. The maximum absolute atomic E-state index is 14.7. The first-order chi connectivity index (χ1) is 35.7. The molecule has 0 radical (unpaired) electrons. The number of alkyl halides is 6. The van der Waals surface area contributed by atoms with Crippen molar-refractivity contribution >= 4 is 119 Å². The van der Waals surface area contributed by atoms with Crippen LogP contribution in [0.15, 0.2) is 66.7 Å². The summed E-state index contributed by atoms with van der Waals surface area (Å²) in [7, 11) is 1.51. The van der Waals surface area contributed by atoms with Crippen LogP contribution < -0.4 is 33.5 Å². The van der Waals surface area contributed by atoms with Crippen molar-refractivity contribution in [1.29, 1.82) is 0 Å². The summed E-state index contributed by atoms with van der Waals surface area (Å²) in [4.78, 5) is 62.5. The van der Waals surface area contributed by atoms with E-state index in [1.807, 2.05) is 46.0 Å². The van der Waals surface area contributed by atoms with Crippen LogP contribution in [0.3, 0.4) is 0 Å². The Morgan fingerprint density at radius 3 is 1.67 bits per heavy atom. The lowest BCUT2D eigenvalue weighted by Crippen LogP contribution is -2.58. The maximum atomic E-state index is 14.7. The van der Waals surface area contributed by atoms with Crippen LogP contribution in [0, 0.1) is 0 Å². The minimum atomic E-state index is -2.79. The van der Waals surface area contributed by atoms with Crippen LogP contribution in [0.1, 0.15) is 66.3 Å². The number of fused-ring (bicyclic) bond motifs is 4. The first kappa shape index (κ1) is 58.9. The Morgan fingerprint density at radius 2 is 1.18 bits per heavy atom. The van der Waals surface area contributed by atoms with Crippen molar-refractivity contribution in [3.63, 3.8) is 0 Å². The van der Waals surface area contributed by atoms with E-state index in [0.717, 1.165) is 10.5 Å². The zero-order valence-electron chi connectivity index (χ0n) is 42.7. The van der Waals surface area contributed by atoms with Crippen LogP contribution in [0.2, 0.25) is 18.1 Å². The molecule has 0 bridgehead atoms. The summed E-state index contributed by atoms with van der Waals surface area (Å²) in [5, 5.41) is 21.2. The molecule has 0 saturated carbocycles. The molecule has 19 nitrogen and oxygen atoms in total. The summed E-state index contributed by atoms with van der Waals surface area (Å²) >= 11 is 36.0. The summed E-state index contributed by atoms with van der Waals surface area (Å²) in [6, 6.07) is 11.0. The minimum absolute atomic E-state index is 0.0163. The minimum Gasteiger partial charge on any atom is -0.497 e. The molecule has 2 N–H and O–H groups in total. The van der Waals surface area contributed by atoms with Gasteiger partial charge in [-0.2, -0.15) is 0 Å². The first-order valence-electron chi connectivity index (χ1n) is 23.8. The van der Waals surface area contributed by atoms with Crippen molar-refractivity contribution in [2.75, 3.05) is 70.8 Å². The normalized spacial score (nSPS) is 19.6. The molecule has 0 spiro atoms. The number of carbonyl (C=O) groups excluding carboxylic acids is 4. The number of ether oxygens (including phenoxy) is 8. The molecule has 76 heavy (non-hydrogen) atoms. The fraction of sp³-hybridized carbons (Fsp3) is 0.480. The second-order valence-corrected chi connectivity index (χ2v) is 29.2. The summed E-state index contributed by atoms with van der Waals surface area (Å²) in [5.74, 6) is 0.364. The number of methoxy groups -OCH3 is 3. The van der Waals surface area contributed by atoms with E-state index >= 15 is 0 Å². The van der Waals surface area contributed by atoms with E-state index in [0.29, 0.717) is 17.1 Å². The Hall–Kier alpha value is -4.74. The lowest BCUT2D eigenvalue weighted by atomic mass is 10.0. The highest BCUT2D eigenvalue weighted by Crippen LogP contribution is 2.47. The predicted octanol–water partition coefficient (Wildman–Crippen LogP) is 10.2. The van der Waals surface area contributed by atoms with Crippen LogP contribution in [0.5, 0.6) is 28.7 Å². The van der Waals surface area contributed by atoms with E-state index < -0.39 is 77.7 Å². The largest absolute Gasteiger partial charge is 0.497 e. The van der Waals surface area contributed by atoms with Crippen molar-refractivity contribution in [3.05, 3.63) is 83.4 Å². The number of hydrogen-bond donors (Lipinski definition) is 2. The second-order valence-electron chi connectivity index (χ2n) is 19.4. The van der Waals surface area contributed by atoms with Gasteiger partial charge in [0.25, 0.3) is 11.8 Å². The van der Waals surface area contributed by atoms with Crippen LogP contribution in [-0.4, -0.2) is 145 Å². The molecule has 4 aliphatic heterocycles. The van der Waals surface area contributed by atoms with Crippen LogP contribution in [0.25, 0.3) is 5.57 Å². The molecule has 0 aliphatic carbocycles. The monoisotopic (exact) mass is 1190 g/mol. The summed E-state index contributed by atoms with van der Waals surface area (Å²) < 4.78 is 49.1. The van der Waals surface area contributed by atoms with E-state index in [4.69, 9.17) is 112 Å². The third-order valence-electron chi connectivity index (χ3n) is 13.3. The fourth-order valence-corrected chi connectivity index (χ4v) is 10.1. The number of halogens is 6. The number of amides is 4. The lowest BCUT2D eigenvalue weighted by molar-refractivity contribution is 0.0553. The van der Waals surface area contributed by atoms with Gasteiger partial charge in [-0.15, -0.1) is 0 Å². The molecule has 2 unspecified atom stereocenters. The highest BCUT2D eigenvalue weighted by molar-refractivity contribution is 6.74. The number of aliphatic hydroxyl groups excluding tert-OH is 2. The molecular weight excluding hydrogens is 1140 g/mol. The number of nitrogens with zero attached hydrogens (tertiary/aromatic N) is 4. The number of aliphatic hydroxyl groups is 2. The SMILES string of the molecule is COc1ccc(C2=CN3C(=O)c4cc(OC)c(OCCCOc5cc6c(cc5OC)C(=O)N5C=C(OCCO)CC5[C@@H](O[Si](C)(C)C(C)(C)C)N6C(=O)OCC(Cl)(Cl)Cl)cc4N(C(=O)OCC(Cl)(Cl)Cl)[C@H](O)C3C2)cc1. The van der Waals surface area contributed by atoms with Crippen molar-refractivity contribution in [2.24, 2.45) is 0 Å². The third-order valence-corrected chi connectivity index (χ3v) is 18.4. The Balaban J connectivity index is 1.18. The number of anilines is 2. The van der Waals surface area contributed by atoms with Gasteiger partial charge in [-0.25, -0.2) is 19.4 Å². The van der Waals surface area contributed by atoms with Crippen LogP contribution in [0.4, 0.5) is 21.0 Å². The van der Waals surface area contributed by atoms with Gasteiger partial charge in [-0.05, 0) is 60.0 Å². The van der Waals surface area contributed by atoms with Gasteiger partial charge < -0.3 is 62.3 Å². The van der Waals surface area contributed by atoms with Gasteiger partial charge >= 0.3 is 12.2 Å². The van der Waals surface area contributed by atoms with Crippen molar-refractivity contribution in [1.82, 2.24) is 9.80 Å². The summed E-state index contributed by atoms with van der Waals surface area (Å²) in [5.41, 5.74) is 1.43. The van der Waals surface area contributed by atoms with E-state index in [9.17, 15) is 29.4 Å². The smallest absolute Gasteiger partial charge is 0.416 e. The molecule has 0 aromatic heterocycles. The van der Waals surface area contributed by atoms with Crippen LogP contribution >= 0.6 is 69.6 Å². The van der Waals surface area contributed by atoms with Gasteiger partial charge in [0.1, 0.15) is 31.3 Å². The molecule has 4 heterocycles. The molecule has 4 amide bonds. The van der Waals surface area contributed by atoms with Crippen LogP contribution in [-0.2, 0) is 18.6 Å². The van der Waals surface area contributed by atoms with Crippen molar-refractivity contribution in [3.8, 4) is 28.7 Å². The Kier molecular flexibility index (Phi) is 18.4. The standard InChI is InChI=1S/C50H58Cl6N4O15Si/c1-48(2,3)76(7,8)75-45-37-19-31(70-17-14-61)25-58(37)43(63)33-21-39(69-6)41(23-35(33)60(45)47(66)74-27-50(54,55)56)72-16-9-15-71-40-22-34-32(20-38(40)68-5)42(62)57-24-29(28-10-12-30(67-4)13-11-28)18-36(57)44(64)59(34)46(65)73-26-49(51,52)53/h10-13,20-25,36-37,44-45,61,64H,9,14-19,26-27H2,1-8H3/t36?,37?,44-,45-/m1/s1. The average molecular weight is 1200 g/mol. The van der Waals surface area contributed by atoms with E-state index in [1.165, 1.54) is 59.4 Å². The highest BCUT2D eigenvalue weighted by Gasteiger charge is 2.52. The molecule has 3 aromatic rings. The maximum Gasteiger partial charge on any atom is 0.416 e. The molecule has 414 valence electrons. The highest BCUT2D eigenvalue weighted by atomic mass is 35.6. The quantitative estimate of drug-likeness (QED) is 0.0733. The fourth-order valence-electron chi connectivity index (χ4n) is 8.58. The Morgan fingerprint density at radius 1 is 0.671 bits per heavy atom. The van der Waals surface area contributed by atoms with Crippen molar-refractivity contribution in [2.45, 2.75) is 90.3 Å². The number of hydrogen-bond acceptors (Lipinski definition) is 15.